The molecule has 0 aromatic heterocycles. The number of ether oxygens (including phenoxy) is 1. The van der Waals surface area contributed by atoms with Gasteiger partial charge in [0, 0.05) is 19.8 Å². The van der Waals surface area contributed by atoms with Crippen molar-refractivity contribution < 1.29 is 4.74 Å². The Labute approximate surface area is 112 Å². The molecule has 104 valence electrons. The van der Waals surface area contributed by atoms with Crippen LogP contribution in [0.4, 0.5) is 0 Å². The van der Waals surface area contributed by atoms with E-state index < -0.39 is 0 Å². The molecule has 1 N–H and O–H groups in total. The van der Waals surface area contributed by atoms with Gasteiger partial charge >= 0.3 is 0 Å². The van der Waals surface area contributed by atoms with Gasteiger partial charge in [0.05, 0.1) is 0 Å². The third-order valence-electron chi connectivity index (χ3n) is 5.87. The van der Waals surface area contributed by atoms with Crippen molar-refractivity contribution >= 4 is 0 Å². The van der Waals surface area contributed by atoms with Gasteiger partial charge in [-0.1, -0.05) is 13.3 Å². The molecule has 0 spiro atoms. The fraction of sp³-hybridized carbons (Fsp3) is 1.00. The summed E-state index contributed by atoms with van der Waals surface area (Å²) in [6.07, 6.45) is 10.2. The molecule has 1 aliphatic heterocycles. The smallest absolute Gasteiger partial charge is 0.0468 e. The van der Waals surface area contributed by atoms with Gasteiger partial charge in [0.2, 0.25) is 0 Å². The van der Waals surface area contributed by atoms with E-state index in [0.717, 1.165) is 37.5 Å². The summed E-state index contributed by atoms with van der Waals surface area (Å²) in [6, 6.07) is 0. The van der Waals surface area contributed by atoms with Crippen molar-refractivity contribution in [3.05, 3.63) is 0 Å². The average molecular weight is 251 g/mol. The van der Waals surface area contributed by atoms with Crippen molar-refractivity contribution in [1.29, 1.82) is 0 Å². The van der Waals surface area contributed by atoms with Crippen molar-refractivity contribution in [3.63, 3.8) is 0 Å². The summed E-state index contributed by atoms with van der Waals surface area (Å²) >= 11 is 0. The van der Waals surface area contributed by atoms with Crippen LogP contribution in [0.1, 0.15) is 51.9 Å². The van der Waals surface area contributed by atoms with Crippen molar-refractivity contribution in [3.8, 4) is 0 Å². The van der Waals surface area contributed by atoms with Crippen LogP contribution < -0.4 is 5.32 Å². The Bertz CT molecular complexity index is 274. The van der Waals surface area contributed by atoms with Gasteiger partial charge in [-0.3, -0.25) is 0 Å². The molecule has 1 heterocycles. The van der Waals surface area contributed by atoms with E-state index in [1.807, 2.05) is 0 Å². The number of hydrogen-bond acceptors (Lipinski definition) is 2. The van der Waals surface area contributed by atoms with Gasteiger partial charge in [0.25, 0.3) is 0 Å². The summed E-state index contributed by atoms with van der Waals surface area (Å²) in [6.45, 7) is 6.68. The molecule has 0 aromatic rings. The zero-order valence-electron chi connectivity index (χ0n) is 11.9. The molecule has 2 nitrogen and oxygen atoms in total. The molecule has 2 aliphatic carbocycles. The van der Waals surface area contributed by atoms with Crippen molar-refractivity contribution in [2.75, 3.05) is 26.3 Å². The van der Waals surface area contributed by atoms with Crippen LogP contribution in [0.3, 0.4) is 0 Å². The topological polar surface area (TPSA) is 21.3 Å². The van der Waals surface area contributed by atoms with Gasteiger partial charge in [0.1, 0.15) is 0 Å². The maximum absolute atomic E-state index is 5.52. The van der Waals surface area contributed by atoms with Crippen LogP contribution in [0, 0.1) is 23.2 Å². The van der Waals surface area contributed by atoms with E-state index in [1.165, 1.54) is 51.5 Å². The van der Waals surface area contributed by atoms with E-state index >= 15 is 0 Å². The van der Waals surface area contributed by atoms with E-state index in [4.69, 9.17) is 4.74 Å². The molecule has 3 fully saturated rings. The van der Waals surface area contributed by atoms with Crippen LogP contribution in [0.2, 0.25) is 0 Å². The molecule has 3 unspecified atom stereocenters. The first-order chi connectivity index (χ1) is 8.82. The van der Waals surface area contributed by atoms with Crippen LogP contribution in [-0.2, 0) is 4.74 Å². The minimum absolute atomic E-state index is 0.654. The van der Waals surface area contributed by atoms with Crippen LogP contribution in [0.5, 0.6) is 0 Å². The van der Waals surface area contributed by atoms with Gasteiger partial charge in [-0.2, -0.15) is 0 Å². The molecule has 18 heavy (non-hydrogen) atoms. The first-order valence-corrected chi connectivity index (χ1v) is 8.11. The molecule has 0 amide bonds. The first kappa shape index (κ1) is 12.9. The van der Waals surface area contributed by atoms with E-state index in [-0.39, 0.29) is 0 Å². The summed E-state index contributed by atoms with van der Waals surface area (Å²) in [4.78, 5) is 0. The normalized spacial score (nSPS) is 40.5. The highest BCUT2D eigenvalue weighted by atomic mass is 16.5. The second-order valence-electron chi connectivity index (χ2n) is 6.98. The minimum Gasteiger partial charge on any atom is -0.381 e. The molecular formula is C16H29NO. The first-order valence-electron chi connectivity index (χ1n) is 8.11. The minimum atomic E-state index is 0.654. The Morgan fingerprint density at radius 2 is 2.00 bits per heavy atom. The van der Waals surface area contributed by atoms with Crippen LogP contribution in [0.25, 0.3) is 0 Å². The maximum Gasteiger partial charge on any atom is 0.0468 e. The van der Waals surface area contributed by atoms with Crippen molar-refractivity contribution in [2.24, 2.45) is 23.2 Å². The summed E-state index contributed by atoms with van der Waals surface area (Å²) < 4.78 is 5.52. The molecule has 0 aromatic carbocycles. The van der Waals surface area contributed by atoms with Gasteiger partial charge in [-0.15, -0.1) is 0 Å². The lowest BCUT2D eigenvalue weighted by atomic mass is 9.67. The molecule has 3 rings (SSSR count). The number of rotatable bonds is 5. The van der Waals surface area contributed by atoms with Crippen molar-refractivity contribution in [2.45, 2.75) is 51.9 Å². The fourth-order valence-electron chi connectivity index (χ4n) is 5.00. The Morgan fingerprint density at radius 1 is 1.17 bits per heavy atom. The lowest BCUT2D eigenvalue weighted by molar-refractivity contribution is 0.0320. The molecule has 1 saturated heterocycles. The van der Waals surface area contributed by atoms with Gasteiger partial charge in [0.15, 0.2) is 0 Å². The molecule has 2 saturated carbocycles. The Kier molecular flexibility index (Phi) is 3.95. The third kappa shape index (κ3) is 2.46. The van der Waals surface area contributed by atoms with E-state index in [2.05, 4.69) is 12.2 Å². The molecule has 3 aliphatic rings. The highest BCUT2D eigenvalue weighted by molar-refractivity contribution is 5.02. The number of fused-ring (bicyclic) bond motifs is 2. The molecule has 2 bridgehead atoms. The van der Waals surface area contributed by atoms with Crippen molar-refractivity contribution in [1.82, 2.24) is 5.32 Å². The standard InChI is InChI=1S/C16H29NO/c1-2-17-12-16(10-13-5-7-18-8-6-13)11-14-3-4-15(16)9-14/h13-15,17H,2-12H2,1H3. The van der Waals surface area contributed by atoms with Crippen LogP contribution in [-0.4, -0.2) is 26.3 Å². The second-order valence-corrected chi connectivity index (χ2v) is 6.98. The lowest BCUT2D eigenvalue weighted by Gasteiger charge is -2.41. The quantitative estimate of drug-likeness (QED) is 0.810. The second kappa shape index (κ2) is 5.50. The highest BCUT2D eigenvalue weighted by Gasteiger charge is 2.50. The molecule has 0 radical (unpaired) electrons. The van der Waals surface area contributed by atoms with Gasteiger partial charge in [-0.05, 0) is 68.2 Å². The lowest BCUT2D eigenvalue weighted by Crippen LogP contribution is -2.41. The summed E-state index contributed by atoms with van der Waals surface area (Å²) in [5.74, 6) is 3.04. The predicted molar refractivity (Wildman–Crippen MR) is 74.6 cm³/mol. The SMILES string of the molecule is CCNCC1(CC2CCOCC2)CC2CCC1C2. The van der Waals surface area contributed by atoms with Gasteiger partial charge < -0.3 is 10.1 Å². The third-order valence-corrected chi connectivity index (χ3v) is 5.87. The molecular weight excluding hydrogens is 222 g/mol. The Morgan fingerprint density at radius 3 is 2.61 bits per heavy atom. The summed E-state index contributed by atoms with van der Waals surface area (Å²) in [5, 5.41) is 3.67. The summed E-state index contributed by atoms with van der Waals surface area (Å²) in [7, 11) is 0. The van der Waals surface area contributed by atoms with Gasteiger partial charge in [-0.25, -0.2) is 0 Å². The largest absolute Gasteiger partial charge is 0.381 e. The van der Waals surface area contributed by atoms with E-state index in [0.29, 0.717) is 5.41 Å². The maximum atomic E-state index is 5.52. The number of hydrogen-bond donors (Lipinski definition) is 1. The highest BCUT2D eigenvalue weighted by Crippen LogP contribution is 2.58. The zero-order chi connectivity index (χ0) is 12.4. The van der Waals surface area contributed by atoms with E-state index in [1.54, 1.807) is 0 Å². The fourth-order valence-corrected chi connectivity index (χ4v) is 5.00. The Balaban J connectivity index is 1.65. The number of nitrogens with one attached hydrogen (secondary N) is 1. The molecule has 3 atom stereocenters. The molecule has 2 heteroatoms. The van der Waals surface area contributed by atoms with Crippen LogP contribution in [0.15, 0.2) is 0 Å². The van der Waals surface area contributed by atoms with Crippen LogP contribution >= 0.6 is 0 Å². The van der Waals surface area contributed by atoms with E-state index in [9.17, 15) is 0 Å². The monoisotopic (exact) mass is 251 g/mol. The summed E-state index contributed by atoms with van der Waals surface area (Å²) in [5.41, 5.74) is 0.654. The Hall–Kier alpha value is -0.0800. The average Bonchev–Trinajstić information content (AvgIpc) is 2.98. The predicted octanol–water partition coefficient (Wildman–Crippen LogP) is 3.22. The zero-order valence-corrected chi connectivity index (χ0v) is 11.9.